The lowest BCUT2D eigenvalue weighted by Crippen LogP contribution is -2.21. The standard InChI is InChI=1S/C11H10ClN3O3/c12-8-4-2-1-3-7(8)11-14-9(18-15-11)5-13-6-10(16)17/h1-4,13H,5-6H2,(H,16,17). The molecule has 94 valence electrons. The zero-order chi connectivity index (χ0) is 13.0. The highest BCUT2D eigenvalue weighted by Crippen LogP contribution is 2.24. The lowest BCUT2D eigenvalue weighted by Gasteiger charge is -1.96. The molecule has 0 fully saturated rings. The second-order valence-corrected chi connectivity index (χ2v) is 3.90. The monoisotopic (exact) mass is 267 g/mol. The molecule has 0 radical (unpaired) electrons. The molecule has 0 amide bonds. The van der Waals surface area contributed by atoms with Crippen LogP contribution in [0.2, 0.25) is 5.02 Å². The van der Waals surface area contributed by atoms with E-state index in [2.05, 4.69) is 15.5 Å². The summed E-state index contributed by atoms with van der Waals surface area (Å²) in [4.78, 5) is 14.4. The van der Waals surface area contributed by atoms with Crippen LogP contribution in [-0.2, 0) is 11.3 Å². The van der Waals surface area contributed by atoms with Gasteiger partial charge in [0.25, 0.3) is 0 Å². The van der Waals surface area contributed by atoms with Gasteiger partial charge in [-0.05, 0) is 12.1 Å². The number of rotatable bonds is 5. The highest BCUT2D eigenvalue weighted by atomic mass is 35.5. The smallest absolute Gasteiger partial charge is 0.317 e. The summed E-state index contributed by atoms with van der Waals surface area (Å²) < 4.78 is 4.98. The highest BCUT2D eigenvalue weighted by Gasteiger charge is 2.11. The van der Waals surface area contributed by atoms with Crippen LogP contribution in [0.15, 0.2) is 28.8 Å². The molecule has 7 heteroatoms. The Bertz CT molecular complexity index is 556. The predicted molar refractivity (Wildman–Crippen MR) is 64.1 cm³/mol. The van der Waals surface area contributed by atoms with Crippen molar-refractivity contribution < 1.29 is 14.4 Å². The van der Waals surface area contributed by atoms with Crippen molar-refractivity contribution in [2.75, 3.05) is 6.54 Å². The maximum atomic E-state index is 10.3. The Kier molecular flexibility index (Phi) is 3.91. The van der Waals surface area contributed by atoms with E-state index < -0.39 is 5.97 Å². The molecule has 0 bridgehead atoms. The molecule has 18 heavy (non-hydrogen) atoms. The molecule has 0 unspecified atom stereocenters. The average Bonchev–Trinajstić information content (AvgIpc) is 2.78. The number of halogens is 1. The number of nitrogens with zero attached hydrogens (tertiary/aromatic N) is 2. The van der Waals surface area contributed by atoms with Gasteiger partial charge in [0.1, 0.15) is 0 Å². The molecule has 0 spiro atoms. The van der Waals surface area contributed by atoms with Gasteiger partial charge in [0, 0.05) is 5.56 Å². The molecular weight excluding hydrogens is 258 g/mol. The SMILES string of the molecule is O=C(O)CNCc1nc(-c2ccccc2Cl)no1. The van der Waals surface area contributed by atoms with Crippen LogP contribution >= 0.6 is 11.6 Å². The van der Waals surface area contributed by atoms with E-state index in [9.17, 15) is 4.79 Å². The normalized spacial score (nSPS) is 10.5. The molecule has 0 saturated heterocycles. The summed E-state index contributed by atoms with van der Waals surface area (Å²) in [5.41, 5.74) is 0.674. The van der Waals surface area contributed by atoms with Gasteiger partial charge in [-0.15, -0.1) is 0 Å². The van der Waals surface area contributed by atoms with Gasteiger partial charge < -0.3 is 9.63 Å². The summed E-state index contributed by atoms with van der Waals surface area (Å²) in [6.07, 6.45) is 0. The van der Waals surface area contributed by atoms with Crippen molar-refractivity contribution in [1.82, 2.24) is 15.5 Å². The Morgan fingerprint density at radius 2 is 2.22 bits per heavy atom. The first-order chi connectivity index (χ1) is 8.66. The molecular formula is C11H10ClN3O3. The predicted octanol–water partition coefficient (Wildman–Crippen LogP) is 1.56. The quantitative estimate of drug-likeness (QED) is 0.855. The Hall–Kier alpha value is -1.92. The van der Waals surface area contributed by atoms with E-state index in [4.69, 9.17) is 21.2 Å². The summed E-state index contributed by atoms with van der Waals surface area (Å²) in [5, 5.41) is 15.4. The molecule has 0 saturated carbocycles. The van der Waals surface area contributed by atoms with Crippen LogP contribution in [0.3, 0.4) is 0 Å². The van der Waals surface area contributed by atoms with Crippen LogP contribution in [0.25, 0.3) is 11.4 Å². The maximum absolute atomic E-state index is 10.3. The van der Waals surface area contributed by atoms with Crippen molar-refractivity contribution in [3.05, 3.63) is 35.2 Å². The van der Waals surface area contributed by atoms with Gasteiger partial charge in [0.15, 0.2) is 0 Å². The topological polar surface area (TPSA) is 88.2 Å². The Labute approximate surface area is 108 Å². The van der Waals surface area contributed by atoms with Crippen LogP contribution in [0.4, 0.5) is 0 Å². The van der Waals surface area contributed by atoms with Crippen molar-refractivity contribution >= 4 is 17.6 Å². The molecule has 0 aliphatic heterocycles. The van der Waals surface area contributed by atoms with Gasteiger partial charge in [-0.25, -0.2) is 0 Å². The van der Waals surface area contributed by atoms with E-state index in [1.165, 1.54) is 0 Å². The molecule has 1 heterocycles. The third-order valence-electron chi connectivity index (χ3n) is 2.14. The fraction of sp³-hybridized carbons (Fsp3) is 0.182. The average molecular weight is 268 g/mol. The molecule has 0 aliphatic carbocycles. The first-order valence-electron chi connectivity index (χ1n) is 5.17. The van der Waals surface area contributed by atoms with Crippen LogP contribution in [0.1, 0.15) is 5.89 Å². The van der Waals surface area contributed by atoms with E-state index >= 15 is 0 Å². The minimum Gasteiger partial charge on any atom is -0.480 e. The molecule has 0 atom stereocenters. The van der Waals surface area contributed by atoms with Gasteiger partial charge in [-0.3, -0.25) is 10.1 Å². The number of carboxylic acids is 1. The number of hydrogen-bond acceptors (Lipinski definition) is 5. The third-order valence-corrected chi connectivity index (χ3v) is 2.46. The van der Waals surface area contributed by atoms with Gasteiger partial charge >= 0.3 is 5.97 Å². The van der Waals surface area contributed by atoms with Crippen molar-refractivity contribution in [1.29, 1.82) is 0 Å². The summed E-state index contributed by atoms with van der Waals surface area (Å²) in [6, 6.07) is 7.14. The number of carbonyl (C=O) groups is 1. The Morgan fingerprint density at radius 1 is 1.44 bits per heavy atom. The van der Waals surface area contributed by atoms with E-state index in [-0.39, 0.29) is 13.1 Å². The van der Waals surface area contributed by atoms with Crippen molar-refractivity contribution in [3.63, 3.8) is 0 Å². The summed E-state index contributed by atoms with van der Waals surface area (Å²) in [7, 11) is 0. The molecule has 0 aliphatic rings. The minimum absolute atomic E-state index is 0.163. The number of hydrogen-bond donors (Lipinski definition) is 2. The number of carboxylic acid groups (broad SMARTS) is 1. The summed E-state index contributed by atoms with van der Waals surface area (Å²) in [6.45, 7) is 0.0353. The zero-order valence-corrected chi connectivity index (χ0v) is 10.0. The minimum atomic E-state index is -0.944. The van der Waals surface area contributed by atoms with E-state index in [1.807, 2.05) is 6.07 Å². The van der Waals surface area contributed by atoms with E-state index in [0.29, 0.717) is 22.3 Å². The van der Waals surface area contributed by atoms with Crippen LogP contribution in [0, 0.1) is 0 Å². The number of benzene rings is 1. The second-order valence-electron chi connectivity index (χ2n) is 3.49. The summed E-state index contributed by atoms with van der Waals surface area (Å²) in [5.74, 6) is -0.250. The lowest BCUT2D eigenvalue weighted by atomic mass is 10.2. The maximum Gasteiger partial charge on any atom is 0.317 e. The molecule has 6 nitrogen and oxygen atoms in total. The largest absolute Gasteiger partial charge is 0.480 e. The molecule has 1 aromatic carbocycles. The number of nitrogens with one attached hydrogen (secondary N) is 1. The first-order valence-corrected chi connectivity index (χ1v) is 5.54. The third kappa shape index (κ3) is 3.06. The molecule has 2 rings (SSSR count). The zero-order valence-electron chi connectivity index (χ0n) is 9.26. The van der Waals surface area contributed by atoms with Gasteiger partial charge in [0.05, 0.1) is 18.1 Å². The van der Waals surface area contributed by atoms with Gasteiger partial charge in [-0.2, -0.15) is 4.98 Å². The number of aliphatic carboxylic acids is 1. The van der Waals surface area contributed by atoms with E-state index in [1.54, 1.807) is 18.2 Å². The van der Waals surface area contributed by atoms with Crippen molar-refractivity contribution in [2.24, 2.45) is 0 Å². The lowest BCUT2D eigenvalue weighted by molar-refractivity contribution is -0.136. The van der Waals surface area contributed by atoms with Crippen molar-refractivity contribution in [2.45, 2.75) is 6.54 Å². The Morgan fingerprint density at radius 3 is 2.94 bits per heavy atom. The summed E-state index contributed by atoms with van der Waals surface area (Å²) >= 11 is 6.00. The molecule has 1 aromatic heterocycles. The van der Waals surface area contributed by atoms with Crippen molar-refractivity contribution in [3.8, 4) is 11.4 Å². The van der Waals surface area contributed by atoms with Gasteiger partial charge in [0.2, 0.25) is 11.7 Å². The second kappa shape index (κ2) is 5.61. The molecule has 2 aromatic rings. The Balaban J connectivity index is 2.06. The van der Waals surface area contributed by atoms with Crippen LogP contribution in [0.5, 0.6) is 0 Å². The fourth-order valence-electron chi connectivity index (χ4n) is 1.35. The fourth-order valence-corrected chi connectivity index (χ4v) is 1.58. The van der Waals surface area contributed by atoms with E-state index in [0.717, 1.165) is 0 Å². The van der Waals surface area contributed by atoms with Crippen LogP contribution < -0.4 is 5.32 Å². The van der Waals surface area contributed by atoms with Gasteiger partial charge in [-0.1, -0.05) is 28.9 Å². The number of aromatic nitrogens is 2. The molecule has 2 N–H and O–H groups in total. The highest BCUT2D eigenvalue weighted by molar-refractivity contribution is 6.33. The van der Waals surface area contributed by atoms with Crippen LogP contribution in [-0.4, -0.2) is 27.8 Å². The first kappa shape index (κ1) is 12.5.